The molecule has 0 bridgehead atoms. The number of methoxy groups -OCH3 is 1. The maximum absolute atomic E-state index is 12.3. The highest BCUT2D eigenvalue weighted by Gasteiger charge is 2.40. The second kappa shape index (κ2) is 6.26. The third kappa shape index (κ3) is 3.42. The molecule has 0 aliphatic carbocycles. The van der Waals surface area contributed by atoms with E-state index in [1.807, 2.05) is 11.8 Å². The average Bonchev–Trinajstić information content (AvgIpc) is 2.88. The zero-order valence-electron chi connectivity index (χ0n) is 12.8. The predicted molar refractivity (Wildman–Crippen MR) is 80.6 cm³/mol. The largest absolute Gasteiger partial charge is 0.497 e. The molecule has 1 aliphatic rings. The van der Waals surface area contributed by atoms with Gasteiger partial charge in [0, 0.05) is 19.2 Å². The summed E-state index contributed by atoms with van der Waals surface area (Å²) < 4.78 is 5.08. The number of carbonyl (C=O) groups excluding carboxylic acids is 2. The molecule has 0 aromatic heterocycles. The van der Waals surface area contributed by atoms with E-state index in [2.05, 4.69) is 5.32 Å². The number of carbonyl (C=O) groups is 2. The summed E-state index contributed by atoms with van der Waals surface area (Å²) in [6.07, 6.45) is 0.780. The first kappa shape index (κ1) is 15.5. The third-order valence-corrected chi connectivity index (χ3v) is 4.11. The van der Waals surface area contributed by atoms with Crippen LogP contribution in [0.25, 0.3) is 0 Å². The fourth-order valence-electron chi connectivity index (χ4n) is 2.75. The molecule has 5 nitrogen and oxygen atoms in total. The van der Waals surface area contributed by atoms with Crippen LogP contribution in [0.5, 0.6) is 5.75 Å². The molecule has 1 saturated heterocycles. The number of hydrogen-bond acceptors (Lipinski definition) is 4. The van der Waals surface area contributed by atoms with Crippen LogP contribution >= 0.6 is 0 Å². The van der Waals surface area contributed by atoms with Crippen LogP contribution in [-0.4, -0.2) is 50.4 Å². The number of nitrogens with zero attached hydrogens (tertiary/aromatic N) is 1. The lowest BCUT2D eigenvalue weighted by Gasteiger charge is -2.22. The van der Waals surface area contributed by atoms with Gasteiger partial charge >= 0.3 is 0 Å². The summed E-state index contributed by atoms with van der Waals surface area (Å²) in [4.78, 5) is 26.2. The van der Waals surface area contributed by atoms with Gasteiger partial charge in [-0.05, 0) is 44.2 Å². The predicted octanol–water partition coefficient (Wildman–Crippen LogP) is 1.34. The van der Waals surface area contributed by atoms with E-state index in [9.17, 15) is 9.59 Å². The summed E-state index contributed by atoms with van der Waals surface area (Å²) in [6.45, 7) is 3.68. The normalized spacial score (nSPS) is 22.0. The van der Waals surface area contributed by atoms with Crippen molar-refractivity contribution in [2.24, 2.45) is 5.41 Å². The molecule has 0 spiro atoms. The molecular weight excluding hydrogens is 268 g/mol. The highest BCUT2D eigenvalue weighted by atomic mass is 16.5. The fourth-order valence-corrected chi connectivity index (χ4v) is 2.75. The Morgan fingerprint density at radius 2 is 2.00 bits per heavy atom. The number of ketones is 1. The van der Waals surface area contributed by atoms with Crippen LogP contribution in [0.2, 0.25) is 0 Å². The van der Waals surface area contributed by atoms with E-state index >= 15 is 0 Å². The highest BCUT2D eigenvalue weighted by Crippen LogP contribution is 2.30. The SMILES string of the molecule is CNC(=O)C1(C)CCN(CC(=O)c2ccc(OC)cc2)C1. The Balaban J connectivity index is 1.96. The van der Waals surface area contributed by atoms with Crippen molar-refractivity contribution < 1.29 is 14.3 Å². The van der Waals surface area contributed by atoms with Crippen molar-refractivity contribution in [2.45, 2.75) is 13.3 Å². The standard InChI is InChI=1S/C16H22N2O3/c1-16(15(20)17-2)8-9-18(11-16)10-14(19)12-4-6-13(21-3)7-5-12/h4-7H,8-11H2,1-3H3,(H,17,20). The first-order valence-electron chi connectivity index (χ1n) is 7.10. The second-order valence-corrected chi connectivity index (χ2v) is 5.75. The molecule has 0 radical (unpaired) electrons. The Labute approximate surface area is 125 Å². The lowest BCUT2D eigenvalue weighted by atomic mass is 9.89. The molecule has 1 aliphatic heterocycles. The number of Topliss-reactive ketones (excluding diaryl/α,β-unsaturated/α-hetero) is 1. The van der Waals surface area contributed by atoms with Crippen molar-refractivity contribution in [3.63, 3.8) is 0 Å². The minimum atomic E-state index is -0.394. The fraction of sp³-hybridized carbons (Fsp3) is 0.500. The zero-order valence-corrected chi connectivity index (χ0v) is 12.8. The van der Waals surface area contributed by atoms with Crippen LogP contribution in [0.4, 0.5) is 0 Å². The van der Waals surface area contributed by atoms with E-state index in [0.29, 0.717) is 18.7 Å². The van der Waals surface area contributed by atoms with Gasteiger partial charge in [0.25, 0.3) is 0 Å². The topological polar surface area (TPSA) is 58.6 Å². The van der Waals surface area contributed by atoms with Gasteiger partial charge in [0.1, 0.15) is 5.75 Å². The maximum atomic E-state index is 12.3. The molecule has 1 unspecified atom stereocenters. The smallest absolute Gasteiger partial charge is 0.227 e. The molecule has 21 heavy (non-hydrogen) atoms. The molecule has 1 aromatic rings. The molecule has 1 heterocycles. The van der Waals surface area contributed by atoms with E-state index in [4.69, 9.17) is 4.74 Å². The molecule has 1 fully saturated rings. The van der Waals surface area contributed by atoms with E-state index in [-0.39, 0.29) is 11.7 Å². The molecule has 1 N–H and O–H groups in total. The van der Waals surface area contributed by atoms with Crippen molar-refractivity contribution in [3.8, 4) is 5.75 Å². The summed E-state index contributed by atoms with van der Waals surface area (Å²) in [6, 6.07) is 7.11. The van der Waals surface area contributed by atoms with Gasteiger partial charge in [0.2, 0.25) is 5.91 Å². The summed E-state index contributed by atoms with van der Waals surface area (Å²) >= 11 is 0. The van der Waals surface area contributed by atoms with Gasteiger partial charge < -0.3 is 10.1 Å². The first-order valence-corrected chi connectivity index (χ1v) is 7.10. The number of nitrogens with one attached hydrogen (secondary N) is 1. The first-order chi connectivity index (χ1) is 9.98. The van der Waals surface area contributed by atoms with Gasteiger partial charge in [0.15, 0.2) is 5.78 Å². The second-order valence-electron chi connectivity index (χ2n) is 5.75. The molecule has 1 atom stereocenters. The summed E-state index contributed by atoms with van der Waals surface area (Å²) in [5.74, 6) is 0.848. The van der Waals surface area contributed by atoms with Crippen LogP contribution in [0.3, 0.4) is 0 Å². The number of benzene rings is 1. The van der Waals surface area contributed by atoms with Gasteiger partial charge in [-0.15, -0.1) is 0 Å². The van der Waals surface area contributed by atoms with Gasteiger partial charge in [-0.2, -0.15) is 0 Å². The average molecular weight is 290 g/mol. The minimum absolute atomic E-state index is 0.0434. The third-order valence-electron chi connectivity index (χ3n) is 4.11. The lowest BCUT2D eigenvalue weighted by Crippen LogP contribution is -2.40. The Bertz CT molecular complexity index is 527. The van der Waals surface area contributed by atoms with E-state index in [1.165, 1.54) is 0 Å². The molecule has 5 heteroatoms. The van der Waals surface area contributed by atoms with Crippen LogP contribution in [-0.2, 0) is 4.79 Å². The quantitative estimate of drug-likeness (QED) is 0.831. The summed E-state index contributed by atoms with van der Waals surface area (Å²) in [5, 5.41) is 2.70. The van der Waals surface area contributed by atoms with Gasteiger partial charge in [-0.3, -0.25) is 14.5 Å². The number of likely N-dealkylation sites (tertiary alicyclic amines) is 1. The van der Waals surface area contributed by atoms with Gasteiger partial charge in [0.05, 0.1) is 19.1 Å². The monoisotopic (exact) mass is 290 g/mol. The van der Waals surface area contributed by atoms with Crippen molar-refractivity contribution in [3.05, 3.63) is 29.8 Å². The Morgan fingerprint density at radius 3 is 2.57 bits per heavy atom. The number of hydrogen-bond donors (Lipinski definition) is 1. The highest BCUT2D eigenvalue weighted by molar-refractivity contribution is 5.97. The molecular formula is C16H22N2O3. The van der Waals surface area contributed by atoms with Crippen LogP contribution in [0.1, 0.15) is 23.7 Å². The molecule has 114 valence electrons. The minimum Gasteiger partial charge on any atom is -0.497 e. The number of amides is 1. The molecule has 1 amide bonds. The Morgan fingerprint density at radius 1 is 1.33 bits per heavy atom. The van der Waals surface area contributed by atoms with Crippen LogP contribution in [0, 0.1) is 5.41 Å². The molecule has 0 saturated carbocycles. The van der Waals surface area contributed by atoms with Gasteiger partial charge in [-0.25, -0.2) is 0 Å². The lowest BCUT2D eigenvalue weighted by molar-refractivity contribution is -0.129. The molecule has 1 aromatic carbocycles. The Kier molecular flexibility index (Phi) is 4.63. The number of rotatable bonds is 5. The van der Waals surface area contributed by atoms with E-state index in [1.54, 1.807) is 38.4 Å². The van der Waals surface area contributed by atoms with Gasteiger partial charge in [-0.1, -0.05) is 0 Å². The maximum Gasteiger partial charge on any atom is 0.227 e. The number of ether oxygens (including phenoxy) is 1. The Hall–Kier alpha value is -1.88. The van der Waals surface area contributed by atoms with E-state index in [0.717, 1.165) is 18.7 Å². The van der Waals surface area contributed by atoms with Crippen molar-refractivity contribution >= 4 is 11.7 Å². The van der Waals surface area contributed by atoms with Crippen molar-refractivity contribution in [2.75, 3.05) is 33.8 Å². The summed E-state index contributed by atoms with van der Waals surface area (Å²) in [5.41, 5.74) is 0.277. The molecule has 2 rings (SSSR count). The zero-order chi connectivity index (χ0) is 15.5. The van der Waals surface area contributed by atoms with Crippen molar-refractivity contribution in [1.29, 1.82) is 0 Å². The van der Waals surface area contributed by atoms with Crippen LogP contribution < -0.4 is 10.1 Å². The van der Waals surface area contributed by atoms with E-state index < -0.39 is 5.41 Å². The summed E-state index contributed by atoms with van der Waals surface area (Å²) in [7, 11) is 3.25. The van der Waals surface area contributed by atoms with Crippen molar-refractivity contribution in [1.82, 2.24) is 10.2 Å². The van der Waals surface area contributed by atoms with Crippen LogP contribution in [0.15, 0.2) is 24.3 Å².